The smallest absolute Gasteiger partial charge is 0.262 e. The van der Waals surface area contributed by atoms with Gasteiger partial charge in [0.2, 0.25) is 5.91 Å². The molecular weight excluding hydrogens is 500 g/mol. The van der Waals surface area contributed by atoms with E-state index >= 15 is 0 Å². The van der Waals surface area contributed by atoms with Crippen molar-refractivity contribution >= 4 is 34.5 Å². The summed E-state index contributed by atoms with van der Waals surface area (Å²) in [6, 6.07) is 21.8. The van der Waals surface area contributed by atoms with Gasteiger partial charge in [0.1, 0.15) is 5.75 Å². The monoisotopic (exact) mass is 530 g/mol. The Labute approximate surface area is 225 Å². The van der Waals surface area contributed by atoms with Crippen LogP contribution < -0.4 is 20.9 Å². The zero-order valence-corrected chi connectivity index (χ0v) is 22.4. The molecule has 1 aromatic heterocycles. The van der Waals surface area contributed by atoms with Gasteiger partial charge >= 0.3 is 0 Å². The summed E-state index contributed by atoms with van der Waals surface area (Å²) in [5.41, 5.74) is 2.75. The Morgan fingerprint density at radius 3 is 2.34 bits per heavy atom. The number of carbonyl (C=O) groups excluding carboxylic acids is 2. The SMILES string of the molecule is COc1ccc(CNC(=O)CSc2nc3ccccc3c(=O)n2Cc2ccc(C(=O)NC(C)C)cc2)cc1. The number of benzene rings is 3. The largest absolute Gasteiger partial charge is 0.497 e. The first-order chi connectivity index (χ1) is 18.3. The standard InChI is InChI=1S/C29H30N4O4S/c1-19(2)31-27(35)22-12-8-21(9-13-22)17-33-28(36)24-6-4-5-7-25(24)32-29(33)38-18-26(34)30-16-20-10-14-23(37-3)15-11-20/h4-15,19H,16-18H2,1-3H3,(H,30,34)(H,31,35). The number of amides is 2. The first-order valence-electron chi connectivity index (χ1n) is 12.3. The molecule has 0 unspecified atom stereocenters. The van der Waals surface area contributed by atoms with Crippen molar-refractivity contribution in [1.82, 2.24) is 20.2 Å². The number of rotatable bonds is 10. The fraction of sp³-hybridized carbons (Fsp3) is 0.241. The minimum absolute atomic E-state index is 0.0393. The molecule has 4 rings (SSSR count). The van der Waals surface area contributed by atoms with Gasteiger partial charge in [-0.05, 0) is 61.4 Å². The number of methoxy groups -OCH3 is 1. The van der Waals surface area contributed by atoms with Crippen LogP contribution in [0.4, 0.5) is 0 Å². The fourth-order valence-electron chi connectivity index (χ4n) is 3.81. The van der Waals surface area contributed by atoms with Gasteiger partial charge in [-0.1, -0.05) is 48.2 Å². The number of nitrogens with zero attached hydrogens (tertiary/aromatic N) is 2. The van der Waals surface area contributed by atoms with Gasteiger partial charge in [0.05, 0.1) is 30.3 Å². The van der Waals surface area contributed by atoms with E-state index in [1.54, 1.807) is 42.0 Å². The molecule has 0 atom stereocenters. The van der Waals surface area contributed by atoms with Crippen molar-refractivity contribution in [3.8, 4) is 5.75 Å². The summed E-state index contributed by atoms with van der Waals surface area (Å²) < 4.78 is 6.74. The summed E-state index contributed by atoms with van der Waals surface area (Å²) in [7, 11) is 1.61. The Balaban J connectivity index is 1.50. The molecule has 0 saturated carbocycles. The van der Waals surface area contributed by atoms with Gasteiger partial charge in [-0.3, -0.25) is 19.0 Å². The van der Waals surface area contributed by atoms with Crippen LogP contribution in [0.3, 0.4) is 0 Å². The molecule has 196 valence electrons. The third kappa shape index (κ3) is 6.80. The molecule has 3 aromatic carbocycles. The maximum Gasteiger partial charge on any atom is 0.262 e. The van der Waals surface area contributed by atoms with Gasteiger partial charge in [0.25, 0.3) is 11.5 Å². The zero-order valence-electron chi connectivity index (χ0n) is 21.6. The lowest BCUT2D eigenvalue weighted by Gasteiger charge is -2.14. The van der Waals surface area contributed by atoms with E-state index in [0.717, 1.165) is 16.9 Å². The average molecular weight is 531 g/mol. The van der Waals surface area contributed by atoms with Crippen LogP contribution in [-0.4, -0.2) is 40.3 Å². The molecule has 0 saturated heterocycles. The van der Waals surface area contributed by atoms with E-state index in [1.165, 1.54) is 11.8 Å². The van der Waals surface area contributed by atoms with Crippen LogP contribution in [0.25, 0.3) is 10.9 Å². The van der Waals surface area contributed by atoms with Crippen LogP contribution in [0.5, 0.6) is 5.75 Å². The first kappa shape index (κ1) is 26.9. The van der Waals surface area contributed by atoms with Gasteiger partial charge in [0, 0.05) is 18.2 Å². The second kappa shape index (κ2) is 12.4. The van der Waals surface area contributed by atoms with E-state index in [-0.39, 0.29) is 35.7 Å². The quantitative estimate of drug-likeness (QED) is 0.237. The van der Waals surface area contributed by atoms with Crippen LogP contribution in [0.2, 0.25) is 0 Å². The van der Waals surface area contributed by atoms with Crippen molar-refractivity contribution in [1.29, 1.82) is 0 Å². The van der Waals surface area contributed by atoms with Crippen molar-refractivity contribution in [3.05, 3.63) is 99.8 Å². The van der Waals surface area contributed by atoms with E-state index in [0.29, 0.717) is 28.2 Å². The van der Waals surface area contributed by atoms with Crippen molar-refractivity contribution in [2.24, 2.45) is 0 Å². The normalized spacial score (nSPS) is 10.9. The second-order valence-corrected chi connectivity index (χ2v) is 9.98. The van der Waals surface area contributed by atoms with Crippen LogP contribution >= 0.6 is 11.8 Å². The van der Waals surface area contributed by atoms with Crippen LogP contribution in [0, 0.1) is 0 Å². The van der Waals surface area contributed by atoms with Crippen molar-refractivity contribution in [2.45, 2.75) is 38.1 Å². The maximum atomic E-state index is 13.4. The number of nitrogens with one attached hydrogen (secondary N) is 2. The highest BCUT2D eigenvalue weighted by Crippen LogP contribution is 2.19. The summed E-state index contributed by atoms with van der Waals surface area (Å²) in [5, 5.41) is 6.73. The lowest BCUT2D eigenvalue weighted by molar-refractivity contribution is -0.118. The highest BCUT2D eigenvalue weighted by molar-refractivity contribution is 7.99. The summed E-state index contributed by atoms with van der Waals surface area (Å²) in [6.07, 6.45) is 0. The van der Waals surface area contributed by atoms with Gasteiger partial charge in [-0.2, -0.15) is 0 Å². The Hall–Kier alpha value is -4.11. The molecule has 8 nitrogen and oxygen atoms in total. The van der Waals surface area contributed by atoms with Gasteiger partial charge in [-0.15, -0.1) is 0 Å². The minimum Gasteiger partial charge on any atom is -0.497 e. The molecule has 9 heteroatoms. The topological polar surface area (TPSA) is 102 Å². The number of carbonyl (C=O) groups is 2. The van der Waals surface area contributed by atoms with Crippen molar-refractivity contribution in [2.75, 3.05) is 12.9 Å². The Morgan fingerprint density at radius 1 is 0.974 bits per heavy atom. The molecule has 0 bridgehead atoms. The van der Waals surface area contributed by atoms with E-state index < -0.39 is 0 Å². The van der Waals surface area contributed by atoms with Crippen LogP contribution in [0.1, 0.15) is 35.3 Å². The molecule has 1 heterocycles. The van der Waals surface area contributed by atoms with E-state index in [4.69, 9.17) is 4.74 Å². The molecule has 0 aliphatic carbocycles. The highest BCUT2D eigenvalue weighted by Gasteiger charge is 2.14. The molecular formula is C29H30N4O4S. The number of aromatic nitrogens is 2. The predicted octanol–water partition coefficient (Wildman–Crippen LogP) is 4.00. The van der Waals surface area contributed by atoms with Gasteiger partial charge in [0.15, 0.2) is 5.16 Å². The number of thioether (sulfide) groups is 1. The summed E-state index contributed by atoms with van der Waals surface area (Å²) in [4.78, 5) is 43.0. The highest BCUT2D eigenvalue weighted by atomic mass is 32.2. The van der Waals surface area contributed by atoms with Crippen LogP contribution in [-0.2, 0) is 17.9 Å². The minimum atomic E-state index is -0.182. The molecule has 38 heavy (non-hydrogen) atoms. The summed E-state index contributed by atoms with van der Waals surface area (Å²) in [6.45, 7) is 4.46. The average Bonchev–Trinajstić information content (AvgIpc) is 2.92. The number of hydrogen-bond acceptors (Lipinski definition) is 6. The molecule has 0 aliphatic heterocycles. The molecule has 0 radical (unpaired) electrons. The second-order valence-electron chi connectivity index (χ2n) is 9.04. The maximum absolute atomic E-state index is 13.4. The summed E-state index contributed by atoms with van der Waals surface area (Å²) in [5.74, 6) is 0.549. The third-order valence-corrected chi connectivity index (χ3v) is 6.76. The lowest BCUT2D eigenvalue weighted by atomic mass is 10.1. The number of para-hydroxylation sites is 1. The first-order valence-corrected chi connectivity index (χ1v) is 13.2. The van der Waals surface area contributed by atoms with E-state index in [9.17, 15) is 14.4 Å². The lowest BCUT2D eigenvalue weighted by Crippen LogP contribution is -2.30. The zero-order chi connectivity index (χ0) is 27.1. The Morgan fingerprint density at radius 2 is 1.66 bits per heavy atom. The summed E-state index contributed by atoms with van der Waals surface area (Å²) >= 11 is 1.22. The number of hydrogen-bond donors (Lipinski definition) is 2. The molecule has 4 aromatic rings. The van der Waals surface area contributed by atoms with Gasteiger partial charge < -0.3 is 15.4 Å². The van der Waals surface area contributed by atoms with Gasteiger partial charge in [-0.25, -0.2) is 4.98 Å². The molecule has 2 amide bonds. The molecule has 0 aliphatic rings. The van der Waals surface area contributed by atoms with E-state index in [1.807, 2.05) is 56.3 Å². The van der Waals surface area contributed by atoms with Crippen molar-refractivity contribution in [3.63, 3.8) is 0 Å². The van der Waals surface area contributed by atoms with Crippen LogP contribution in [0.15, 0.2) is 82.7 Å². The number of ether oxygens (including phenoxy) is 1. The van der Waals surface area contributed by atoms with E-state index in [2.05, 4.69) is 15.6 Å². The molecule has 2 N–H and O–H groups in total. The fourth-order valence-corrected chi connectivity index (χ4v) is 4.64. The van der Waals surface area contributed by atoms with Crippen molar-refractivity contribution < 1.29 is 14.3 Å². The molecule has 0 fully saturated rings. The predicted molar refractivity (Wildman–Crippen MR) is 150 cm³/mol. The Kier molecular flexibility index (Phi) is 8.81. The molecule has 0 spiro atoms. The third-order valence-electron chi connectivity index (χ3n) is 5.78. The number of fused-ring (bicyclic) bond motifs is 1. The Bertz CT molecular complexity index is 1480.